The molecular formula is C23H43NO5Si. The molecule has 0 aromatic rings. The van der Waals surface area contributed by atoms with E-state index in [1.807, 2.05) is 25.7 Å². The van der Waals surface area contributed by atoms with Crippen molar-refractivity contribution in [2.45, 2.75) is 104 Å². The Labute approximate surface area is 184 Å². The van der Waals surface area contributed by atoms with Crippen molar-refractivity contribution in [3.05, 3.63) is 0 Å². The van der Waals surface area contributed by atoms with Gasteiger partial charge in [-0.25, -0.2) is 4.79 Å². The summed E-state index contributed by atoms with van der Waals surface area (Å²) in [4.78, 5) is 26.5. The highest BCUT2D eigenvalue weighted by Crippen LogP contribution is 2.40. The van der Waals surface area contributed by atoms with Gasteiger partial charge >= 0.3 is 6.09 Å². The van der Waals surface area contributed by atoms with Crippen LogP contribution in [0.2, 0.25) is 18.1 Å². The fraction of sp³-hybridized carbons (Fsp3) is 0.913. The second-order valence-corrected chi connectivity index (χ2v) is 16.5. The van der Waals surface area contributed by atoms with E-state index in [0.717, 1.165) is 12.8 Å². The number of Topliss-reactive ketones (excluding diaryl/α,β-unsaturated/α-hetero) is 1. The lowest BCUT2D eigenvalue weighted by atomic mass is 9.87. The molecule has 2 aliphatic rings. The van der Waals surface area contributed by atoms with Crippen LogP contribution < -0.4 is 0 Å². The molecule has 0 N–H and O–H groups in total. The molecule has 2 rings (SSSR count). The Hall–Kier alpha value is -0.923. The standard InChI is InChI=1S/C23H43NO5Si/c1-16(25)12-17-10-11-27-20-18(13-17)14-24(21(26)29-22(2,3)4)19(20)15-28-30(8,9)23(5,6)7/h17-20H,10-15H2,1-9H3/t17-,18-,19+,20+/m0/s1. The number of hydrogen-bond donors (Lipinski definition) is 0. The molecule has 1 amide bonds. The van der Waals surface area contributed by atoms with Gasteiger partial charge in [0.15, 0.2) is 8.32 Å². The topological polar surface area (TPSA) is 65.1 Å². The predicted octanol–water partition coefficient (Wildman–Crippen LogP) is 5.02. The lowest BCUT2D eigenvalue weighted by molar-refractivity contribution is -0.118. The number of nitrogens with zero attached hydrogens (tertiary/aromatic N) is 1. The summed E-state index contributed by atoms with van der Waals surface area (Å²) in [5.41, 5.74) is -0.551. The molecule has 4 atom stereocenters. The van der Waals surface area contributed by atoms with Crippen LogP contribution in [0.1, 0.15) is 67.7 Å². The molecule has 0 aromatic heterocycles. The van der Waals surface area contributed by atoms with Gasteiger partial charge < -0.3 is 18.7 Å². The second kappa shape index (κ2) is 9.29. The van der Waals surface area contributed by atoms with Crippen molar-refractivity contribution < 1.29 is 23.5 Å². The summed E-state index contributed by atoms with van der Waals surface area (Å²) >= 11 is 0. The molecule has 0 unspecified atom stereocenters. The number of carbonyl (C=O) groups is 2. The third kappa shape index (κ3) is 6.54. The number of ketones is 1. The van der Waals surface area contributed by atoms with Crippen molar-refractivity contribution in [3.63, 3.8) is 0 Å². The van der Waals surface area contributed by atoms with Gasteiger partial charge in [-0.1, -0.05) is 20.8 Å². The van der Waals surface area contributed by atoms with Gasteiger partial charge in [-0.3, -0.25) is 4.90 Å². The summed E-state index contributed by atoms with van der Waals surface area (Å²) in [6.07, 6.45) is 2.02. The van der Waals surface area contributed by atoms with Crippen molar-refractivity contribution in [3.8, 4) is 0 Å². The Morgan fingerprint density at radius 2 is 1.77 bits per heavy atom. The highest BCUT2D eigenvalue weighted by molar-refractivity contribution is 6.74. The highest BCUT2D eigenvalue weighted by Gasteiger charge is 2.49. The van der Waals surface area contributed by atoms with E-state index in [1.165, 1.54) is 0 Å². The fourth-order valence-electron chi connectivity index (χ4n) is 4.17. The Balaban J connectivity index is 2.21. The molecule has 2 saturated heterocycles. The predicted molar refractivity (Wildman–Crippen MR) is 121 cm³/mol. The number of carbonyl (C=O) groups excluding carboxylic acids is 2. The molecule has 0 spiro atoms. The number of ether oxygens (including phenoxy) is 2. The van der Waals surface area contributed by atoms with E-state index in [4.69, 9.17) is 13.9 Å². The normalized spacial score (nSPS) is 28.1. The summed E-state index contributed by atoms with van der Waals surface area (Å²) < 4.78 is 18.5. The van der Waals surface area contributed by atoms with E-state index in [0.29, 0.717) is 32.1 Å². The highest BCUT2D eigenvalue weighted by atomic mass is 28.4. The van der Waals surface area contributed by atoms with Crippen molar-refractivity contribution in [2.75, 3.05) is 19.8 Å². The third-order valence-corrected chi connectivity index (χ3v) is 11.3. The molecule has 0 aromatic carbocycles. The van der Waals surface area contributed by atoms with Crippen molar-refractivity contribution in [1.82, 2.24) is 4.90 Å². The summed E-state index contributed by atoms with van der Waals surface area (Å²) in [5, 5.41) is 0.0959. The summed E-state index contributed by atoms with van der Waals surface area (Å²) in [6, 6.07) is -0.157. The minimum atomic E-state index is -1.97. The van der Waals surface area contributed by atoms with E-state index in [2.05, 4.69) is 33.9 Å². The van der Waals surface area contributed by atoms with Crippen molar-refractivity contribution in [2.24, 2.45) is 11.8 Å². The maximum absolute atomic E-state index is 13.0. The van der Waals surface area contributed by atoms with E-state index in [9.17, 15) is 9.59 Å². The van der Waals surface area contributed by atoms with E-state index < -0.39 is 13.9 Å². The number of hydrogen-bond acceptors (Lipinski definition) is 5. The summed E-state index contributed by atoms with van der Waals surface area (Å²) in [6.45, 7) is 20.1. The maximum Gasteiger partial charge on any atom is 0.410 e. The van der Waals surface area contributed by atoms with Crippen LogP contribution in [0.5, 0.6) is 0 Å². The average Bonchev–Trinajstić information content (AvgIpc) is 2.75. The summed E-state index contributed by atoms with van der Waals surface area (Å²) in [5.74, 6) is 0.744. The first-order chi connectivity index (χ1) is 13.6. The Morgan fingerprint density at radius 3 is 2.30 bits per heavy atom. The lowest BCUT2D eigenvalue weighted by Gasteiger charge is -2.39. The van der Waals surface area contributed by atoms with E-state index in [-0.39, 0.29) is 35.0 Å². The minimum absolute atomic E-state index is 0.0701. The minimum Gasteiger partial charge on any atom is -0.444 e. The van der Waals surface area contributed by atoms with E-state index >= 15 is 0 Å². The molecule has 174 valence electrons. The molecule has 0 bridgehead atoms. The first-order valence-corrected chi connectivity index (χ1v) is 14.3. The molecule has 30 heavy (non-hydrogen) atoms. The van der Waals surface area contributed by atoms with Crippen LogP contribution in [-0.2, 0) is 18.7 Å². The quantitative estimate of drug-likeness (QED) is 0.561. The van der Waals surface area contributed by atoms with Gasteiger partial charge in [-0.15, -0.1) is 0 Å². The van der Waals surface area contributed by atoms with Gasteiger partial charge in [0.2, 0.25) is 0 Å². The van der Waals surface area contributed by atoms with Crippen molar-refractivity contribution in [1.29, 1.82) is 0 Å². The van der Waals surface area contributed by atoms with Crippen LogP contribution in [-0.4, -0.2) is 62.6 Å². The van der Waals surface area contributed by atoms with Crippen LogP contribution in [0.25, 0.3) is 0 Å². The third-order valence-electron chi connectivity index (χ3n) is 6.77. The molecule has 0 aliphatic carbocycles. The molecule has 2 heterocycles. The van der Waals surface area contributed by atoms with Gasteiger partial charge in [-0.05, 0) is 64.6 Å². The van der Waals surface area contributed by atoms with Crippen molar-refractivity contribution >= 4 is 20.2 Å². The van der Waals surface area contributed by atoms with Gasteiger partial charge in [0.25, 0.3) is 0 Å². The monoisotopic (exact) mass is 441 g/mol. The van der Waals surface area contributed by atoms with Crippen LogP contribution in [0.4, 0.5) is 4.79 Å². The molecule has 7 heteroatoms. The smallest absolute Gasteiger partial charge is 0.410 e. The zero-order valence-electron chi connectivity index (χ0n) is 20.5. The maximum atomic E-state index is 13.0. The Kier molecular flexibility index (Phi) is 7.84. The molecule has 6 nitrogen and oxygen atoms in total. The van der Waals surface area contributed by atoms with Crippen LogP contribution in [0.3, 0.4) is 0 Å². The zero-order chi connectivity index (χ0) is 22.9. The summed E-state index contributed by atoms with van der Waals surface area (Å²) in [7, 11) is -1.97. The zero-order valence-corrected chi connectivity index (χ0v) is 21.5. The number of fused-ring (bicyclic) bond motifs is 1. The fourth-order valence-corrected chi connectivity index (χ4v) is 5.19. The molecule has 2 fully saturated rings. The molecule has 2 aliphatic heterocycles. The average molecular weight is 442 g/mol. The largest absolute Gasteiger partial charge is 0.444 e. The van der Waals surface area contributed by atoms with Crippen LogP contribution in [0.15, 0.2) is 0 Å². The molecule has 0 saturated carbocycles. The van der Waals surface area contributed by atoms with Gasteiger partial charge in [0.05, 0.1) is 18.8 Å². The lowest BCUT2D eigenvalue weighted by Crippen LogP contribution is -2.49. The first kappa shape index (κ1) is 25.3. The van der Waals surface area contributed by atoms with Crippen LogP contribution in [0, 0.1) is 11.8 Å². The SMILES string of the molecule is CC(=O)C[C@@H]1CCO[C@@H]2[C@@H](C1)CN(C(=O)OC(C)(C)C)[C@@H]2CO[Si](C)(C)C(C)(C)C. The Morgan fingerprint density at radius 1 is 1.13 bits per heavy atom. The first-order valence-electron chi connectivity index (χ1n) is 11.4. The second-order valence-electron chi connectivity index (χ2n) is 11.7. The molecular weight excluding hydrogens is 398 g/mol. The van der Waals surface area contributed by atoms with E-state index in [1.54, 1.807) is 6.92 Å². The van der Waals surface area contributed by atoms with Gasteiger partial charge in [0, 0.05) is 25.5 Å². The molecule has 0 radical (unpaired) electrons. The van der Waals surface area contributed by atoms with Gasteiger partial charge in [-0.2, -0.15) is 0 Å². The Bertz CT molecular complexity index is 622. The number of amides is 1. The van der Waals surface area contributed by atoms with Gasteiger partial charge in [0.1, 0.15) is 11.4 Å². The number of rotatable bonds is 5. The van der Waals surface area contributed by atoms with Crippen LogP contribution >= 0.6 is 0 Å². The number of likely N-dealkylation sites (tertiary alicyclic amines) is 1.